The molecule has 0 saturated carbocycles. The van der Waals surface area contributed by atoms with Gasteiger partial charge in [-0.2, -0.15) is 0 Å². The van der Waals surface area contributed by atoms with E-state index in [0.717, 1.165) is 17.8 Å². The number of nitrogens with one attached hydrogen (secondary N) is 2. The molecule has 2 N–H and O–H groups in total. The zero-order chi connectivity index (χ0) is 20.1. The van der Waals surface area contributed by atoms with Crippen molar-refractivity contribution in [3.8, 4) is 0 Å². The molecule has 0 aliphatic rings. The van der Waals surface area contributed by atoms with Gasteiger partial charge in [0.2, 0.25) is 0 Å². The lowest BCUT2D eigenvalue weighted by Crippen LogP contribution is -2.23. The second-order valence-electron chi connectivity index (χ2n) is 5.68. The molecule has 2 amide bonds. The average molecular weight is 386 g/mol. The van der Waals surface area contributed by atoms with E-state index in [1.165, 1.54) is 12.3 Å². The monoisotopic (exact) mass is 386 g/mol. The van der Waals surface area contributed by atoms with E-state index in [1.807, 2.05) is 0 Å². The van der Waals surface area contributed by atoms with Gasteiger partial charge in [-0.15, -0.1) is 0 Å². The Labute approximate surface area is 157 Å². The lowest BCUT2D eigenvalue weighted by molar-refractivity contribution is 0.0950. The summed E-state index contributed by atoms with van der Waals surface area (Å²) in [5, 5.41) is 4.77. The molecule has 142 valence electrons. The number of pyridine rings is 2. The van der Waals surface area contributed by atoms with Gasteiger partial charge in [0, 0.05) is 31.3 Å². The molecule has 0 saturated heterocycles. The number of benzene rings is 1. The molecule has 2 aromatic heterocycles. The van der Waals surface area contributed by atoms with Crippen LogP contribution in [-0.2, 0) is 6.54 Å². The maximum Gasteiger partial charge on any atom is 0.257 e. The molecule has 0 unspecified atom stereocenters. The van der Waals surface area contributed by atoms with Gasteiger partial charge in [0.05, 0.1) is 16.8 Å². The molecule has 0 radical (unpaired) electrons. The van der Waals surface area contributed by atoms with Gasteiger partial charge in [-0.25, -0.2) is 13.2 Å². The fourth-order valence-electron chi connectivity index (χ4n) is 2.29. The summed E-state index contributed by atoms with van der Waals surface area (Å²) < 4.78 is 39.9. The van der Waals surface area contributed by atoms with Gasteiger partial charge >= 0.3 is 0 Å². The quantitative estimate of drug-likeness (QED) is 0.660. The lowest BCUT2D eigenvalue weighted by Gasteiger charge is -2.09. The summed E-state index contributed by atoms with van der Waals surface area (Å²) in [6, 6.07) is 6.34. The second kappa shape index (κ2) is 8.30. The molecular formula is C19H13F3N4O2. The molecule has 0 atom stereocenters. The first-order chi connectivity index (χ1) is 13.5. The van der Waals surface area contributed by atoms with Crippen molar-refractivity contribution >= 4 is 17.5 Å². The van der Waals surface area contributed by atoms with Crippen LogP contribution >= 0.6 is 0 Å². The van der Waals surface area contributed by atoms with Crippen LogP contribution in [0.1, 0.15) is 26.3 Å². The topological polar surface area (TPSA) is 84.0 Å². The Morgan fingerprint density at radius 3 is 2.36 bits per heavy atom. The number of anilines is 1. The van der Waals surface area contributed by atoms with Crippen molar-refractivity contribution in [3.63, 3.8) is 0 Å². The number of hydrogen-bond donors (Lipinski definition) is 2. The Morgan fingerprint density at radius 2 is 1.64 bits per heavy atom. The van der Waals surface area contributed by atoms with Gasteiger partial charge in [0.25, 0.3) is 11.8 Å². The van der Waals surface area contributed by atoms with Crippen LogP contribution in [0.2, 0.25) is 0 Å². The maximum atomic E-state index is 13.7. The summed E-state index contributed by atoms with van der Waals surface area (Å²) in [6.45, 7) is 0.225. The summed E-state index contributed by atoms with van der Waals surface area (Å²) in [6.07, 6.45) is 5.62. The molecule has 0 aliphatic heterocycles. The van der Waals surface area contributed by atoms with E-state index in [0.29, 0.717) is 6.07 Å². The Balaban J connectivity index is 1.71. The Bertz CT molecular complexity index is 1030. The summed E-state index contributed by atoms with van der Waals surface area (Å²) in [5.74, 6) is -5.90. The third kappa shape index (κ3) is 4.32. The number of nitrogens with zero attached hydrogens (tertiary/aromatic N) is 2. The Morgan fingerprint density at radius 1 is 0.893 bits per heavy atom. The molecule has 28 heavy (non-hydrogen) atoms. The number of amides is 2. The van der Waals surface area contributed by atoms with Crippen LogP contribution in [0.3, 0.4) is 0 Å². The normalized spacial score (nSPS) is 10.4. The van der Waals surface area contributed by atoms with Crippen molar-refractivity contribution in [3.05, 3.63) is 89.3 Å². The third-order valence-electron chi connectivity index (χ3n) is 3.72. The van der Waals surface area contributed by atoms with Gasteiger partial charge < -0.3 is 10.6 Å². The van der Waals surface area contributed by atoms with Crippen molar-refractivity contribution in [2.24, 2.45) is 0 Å². The molecule has 0 spiro atoms. The molecule has 1 aromatic carbocycles. The standard InChI is InChI=1S/C19H13F3N4O2/c20-14-3-4-15(17(22)16(14)21)26-19(28)13-6-12(9-24-10-13)18(27)25-8-11-2-1-5-23-7-11/h1-7,9-10H,8H2,(H,25,27)(H,26,28). The summed E-state index contributed by atoms with van der Waals surface area (Å²) in [7, 11) is 0. The van der Waals surface area contributed by atoms with Crippen molar-refractivity contribution in [2.45, 2.75) is 6.54 Å². The molecule has 3 aromatic rings. The number of rotatable bonds is 5. The highest BCUT2D eigenvalue weighted by Gasteiger charge is 2.17. The second-order valence-corrected chi connectivity index (χ2v) is 5.68. The van der Waals surface area contributed by atoms with Crippen molar-refractivity contribution in [1.82, 2.24) is 15.3 Å². The Hall–Kier alpha value is -3.75. The highest BCUT2D eigenvalue weighted by Crippen LogP contribution is 2.20. The van der Waals surface area contributed by atoms with Crippen LogP contribution in [0.25, 0.3) is 0 Å². The first-order valence-electron chi connectivity index (χ1n) is 8.02. The number of aromatic nitrogens is 2. The van der Waals surface area contributed by atoms with Crippen LogP contribution in [0, 0.1) is 17.5 Å². The zero-order valence-corrected chi connectivity index (χ0v) is 14.2. The minimum absolute atomic E-state index is 0.0573. The SMILES string of the molecule is O=C(NCc1cccnc1)c1cncc(C(=O)Nc2ccc(F)c(F)c2F)c1. The number of hydrogen-bond acceptors (Lipinski definition) is 4. The van der Waals surface area contributed by atoms with E-state index in [2.05, 4.69) is 20.6 Å². The maximum absolute atomic E-state index is 13.7. The fourth-order valence-corrected chi connectivity index (χ4v) is 2.29. The minimum Gasteiger partial charge on any atom is -0.348 e. The van der Waals surface area contributed by atoms with Gasteiger partial charge in [0.15, 0.2) is 17.5 Å². The third-order valence-corrected chi connectivity index (χ3v) is 3.72. The Kier molecular flexibility index (Phi) is 5.64. The average Bonchev–Trinajstić information content (AvgIpc) is 2.73. The molecule has 9 heteroatoms. The first-order valence-corrected chi connectivity index (χ1v) is 8.02. The minimum atomic E-state index is -1.69. The smallest absolute Gasteiger partial charge is 0.257 e. The van der Waals surface area contributed by atoms with Crippen molar-refractivity contribution < 1.29 is 22.8 Å². The first kappa shape index (κ1) is 19.0. The highest BCUT2D eigenvalue weighted by atomic mass is 19.2. The molecule has 0 aliphatic carbocycles. The predicted molar refractivity (Wildman–Crippen MR) is 93.9 cm³/mol. The van der Waals surface area contributed by atoms with E-state index >= 15 is 0 Å². The molecule has 2 heterocycles. The van der Waals surface area contributed by atoms with E-state index in [9.17, 15) is 22.8 Å². The van der Waals surface area contributed by atoms with Crippen LogP contribution in [-0.4, -0.2) is 21.8 Å². The summed E-state index contributed by atoms with van der Waals surface area (Å²) in [5.41, 5.74) is 0.294. The number of carbonyl (C=O) groups excluding carboxylic acids is 2. The zero-order valence-electron chi connectivity index (χ0n) is 14.2. The molecule has 0 bridgehead atoms. The van der Waals surface area contributed by atoms with Gasteiger partial charge in [-0.05, 0) is 29.8 Å². The van der Waals surface area contributed by atoms with E-state index in [4.69, 9.17) is 0 Å². The van der Waals surface area contributed by atoms with Crippen LogP contribution in [0.5, 0.6) is 0 Å². The lowest BCUT2D eigenvalue weighted by atomic mass is 10.1. The molecule has 0 fully saturated rings. The molecular weight excluding hydrogens is 373 g/mol. The summed E-state index contributed by atoms with van der Waals surface area (Å²) >= 11 is 0. The largest absolute Gasteiger partial charge is 0.348 e. The van der Waals surface area contributed by atoms with Gasteiger partial charge in [-0.3, -0.25) is 19.6 Å². The van der Waals surface area contributed by atoms with E-state index in [-0.39, 0.29) is 17.7 Å². The summed E-state index contributed by atoms with van der Waals surface area (Å²) in [4.78, 5) is 32.2. The van der Waals surface area contributed by atoms with Crippen LogP contribution in [0.4, 0.5) is 18.9 Å². The van der Waals surface area contributed by atoms with Crippen LogP contribution in [0.15, 0.2) is 55.1 Å². The fraction of sp³-hybridized carbons (Fsp3) is 0.0526. The number of carbonyl (C=O) groups is 2. The van der Waals surface area contributed by atoms with Crippen molar-refractivity contribution in [2.75, 3.05) is 5.32 Å². The van der Waals surface area contributed by atoms with Gasteiger partial charge in [0.1, 0.15) is 0 Å². The van der Waals surface area contributed by atoms with Crippen LogP contribution < -0.4 is 10.6 Å². The molecule has 6 nitrogen and oxygen atoms in total. The number of halogens is 3. The predicted octanol–water partition coefficient (Wildman–Crippen LogP) is 3.08. The van der Waals surface area contributed by atoms with Crippen molar-refractivity contribution in [1.29, 1.82) is 0 Å². The highest BCUT2D eigenvalue weighted by molar-refractivity contribution is 6.05. The van der Waals surface area contributed by atoms with E-state index in [1.54, 1.807) is 24.5 Å². The van der Waals surface area contributed by atoms with Gasteiger partial charge in [-0.1, -0.05) is 6.07 Å². The molecule has 3 rings (SSSR count). The van der Waals surface area contributed by atoms with E-state index < -0.39 is 35.0 Å².